The summed E-state index contributed by atoms with van der Waals surface area (Å²) in [5.74, 6) is -0.675. The smallest absolute Gasteiger partial charge is 0.195 e. The van der Waals surface area contributed by atoms with Gasteiger partial charge in [0.05, 0.1) is 0 Å². The molecule has 1 aliphatic carbocycles. The van der Waals surface area contributed by atoms with Gasteiger partial charge in [-0.2, -0.15) is 0 Å². The summed E-state index contributed by atoms with van der Waals surface area (Å²) in [5, 5.41) is 10.1. The minimum absolute atomic E-state index is 0.181. The zero-order chi connectivity index (χ0) is 11.2. The number of hydrogen-bond acceptors (Lipinski definition) is 3. The highest BCUT2D eigenvalue weighted by molar-refractivity contribution is 6.31. The molecule has 0 bridgehead atoms. The van der Waals surface area contributed by atoms with Crippen LogP contribution >= 0.6 is 11.6 Å². The number of fused-ring (bicyclic) bond motifs is 1. The average Bonchev–Trinajstić information content (AvgIpc) is 2.14. The molecule has 1 aromatic rings. The highest BCUT2D eigenvalue weighted by Gasteiger charge is 2.40. The van der Waals surface area contributed by atoms with Crippen LogP contribution in [0.4, 0.5) is 0 Å². The third-order valence-corrected chi connectivity index (χ3v) is 2.76. The Bertz CT molecular complexity index is 463. The number of hydrogen-bond donors (Lipinski definition) is 1. The Morgan fingerprint density at radius 1 is 1.33 bits per heavy atom. The van der Waals surface area contributed by atoms with Crippen molar-refractivity contribution in [3.05, 3.63) is 34.3 Å². The molecule has 0 spiro atoms. The van der Waals surface area contributed by atoms with Gasteiger partial charge in [-0.1, -0.05) is 11.6 Å². The lowest BCUT2D eigenvalue weighted by Gasteiger charge is -2.27. The van der Waals surface area contributed by atoms with E-state index in [2.05, 4.69) is 0 Å². The van der Waals surface area contributed by atoms with Crippen LogP contribution < -0.4 is 0 Å². The van der Waals surface area contributed by atoms with Crippen molar-refractivity contribution in [2.24, 2.45) is 0 Å². The summed E-state index contributed by atoms with van der Waals surface area (Å²) in [6.45, 7) is 1.35. The number of ketones is 2. The Balaban J connectivity index is 2.64. The van der Waals surface area contributed by atoms with E-state index in [9.17, 15) is 14.7 Å². The van der Waals surface area contributed by atoms with E-state index in [0.717, 1.165) is 0 Å². The van der Waals surface area contributed by atoms with E-state index in [-0.39, 0.29) is 17.8 Å². The summed E-state index contributed by atoms with van der Waals surface area (Å²) < 4.78 is 0. The molecule has 0 fully saturated rings. The van der Waals surface area contributed by atoms with Gasteiger partial charge in [-0.15, -0.1) is 0 Å². The van der Waals surface area contributed by atoms with Gasteiger partial charge in [-0.3, -0.25) is 9.59 Å². The van der Waals surface area contributed by atoms with E-state index in [4.69, 9.17) is 11.6 Å². The van der Waals surface area contributed by atoms with Crippen LogP contribution in [0.15, 0.2) is 18.2 Å². The van der Waals surface area contributed by atoms with Gasteiger partial charge in [0.15, 0.2) is 11.6 Å². The molecular weight excluding hydrogens is 216 g/mol. The summed E-state index contributed by atoms with van der Waals surface area (Å²) in [4.78, 5) is 23.4. The SMILES string of the molecule is C[C@@]1(O)CC(=O)c2cc(Cl)ccc2C1=O. The summed E-state index contributed by atoms with van der Waals surface area (Å²) in [7, 11) is 0. The second-order valence-corrected chi connectivity index (χ2v) is 4.33. The highest BCUT2D eigenvalue weighted by Crippen LogP contribution is 2.30. The summed E-state index contributed by atoms with van der Waals surface area (Å²) >= 11 is 5.73. The normalized spacial score (nSPS) is 25.3. The molecule has 0 aliphatic heterocycles. The van der Waals surface area contributed by atoms with Gasteiger partial charge in [0.25, 0.3) is 0 Å². The summed E-state index contributed by atoms with van der Waals surface area (Å²) in [6, 6.07) is 4.48. The van der Waals surface area contributed by atoms with Gasteiger partial charge in [0.1, 0.15) is 5.60 Å². The van der Waals surface area contributed by atoms with Gasteiger partial charge in [-0.25, -0.2) is 0 Å². The third-order valence-electron chi connectivity index (χ3n) is 2.52. The molecule has 0 aromatic heterocycles. The topological polar surface area (TPSA) is 54.4 Å². The number of rotatable bonds is 0. The number of carbonyl (C=O) groups is 2. The molecule has 0 saturated heterocycles. The van der Waals surface area contributed by atoms with E-state index in [1.54, 1.807) is 0 Å². The predicted molar refractivity (Wildman–Crippen MR) is 55.4 cm³/mol. The van der Waals surface area contributed by atoms with E-state index in [1.165, 1.54) is 25.1 Å². The maximum Gasteiger partial charge on any atom is 0.195 e. The van der Waals surface area contributed by atoms with E-state index in [0.29, 0.717) is 10.6 Å². The maximum atomic E-state index is 11.7. The van der Waals surface area contributed by atoms with E-state index in [1.807, 2.05) is 0 Å². The second kappa shape index (κ2) is 3.15. The first-order chi connectivity index (χ1) is 6.92. The molecule has 1 N–H and O–H groups in total. The minimum atomic E-state index is -1.59. The largest absolute Gasteiger partial charge is 0.381 e. The van der Waals surface area contributed by atoms with E-state index < -0.39 is 11.4 Å². The molecule has 2 rings (SSSR count). The molecule has 0 unspecified atom stereocenters. The molecule has 0 amide bonds. The van der Waals surface area contributed by atoms with Crippen LogP contribution in [-0.4, -0.2) is 22.3 Å². The lowest BCUT2D eigenvalue weighted by Crippen LogP contribution is -2.42. The molecule has 0 saturated carbocycles. The number of Topliss-reactive ketones (excluding diaryl/α,β-unsaturated/α-hetero) is 2. The third kappa shape index (κ3) is 1.58. The molecule has 15 heavy (non-hydrogen) atoms. The zero-order valence-corrected chi connectivity index (χ0v) is 8.84. The molecule has 4 heteroatoms. The highest BCUT2D eigenvalue weighted by atomic mass is 35.5. The van der Waals surface area contributed by atoms with Crippen molar-refractivity contribution in [1.82, 2.24) is 0 Å². The standard InChI is InChI=1S/C11H9ClO3/c1-11(15)5-9(13)8-4-6(12)2-3-7(8)10(11)14/h2-4,15H,5H2,1H3/t11-/m1/s1. The molecule has 3 nitrogen and oxygen atoms in total. The van der Waals surface area contributed by atoms with Crippen LogP contribution in [0.5, 0.6) is 0 Å². The van der Waals surface area contributed by atoms with Crippen molar-refractivity contribution < 1.29 is 14.7 Å². The molecule has 0 heterocycles. The second-order valence-electron chi connectivity index (χ2n) is 3.89. The molecular formula is C11H9ClO3. The van der Waals surface area contributed by atoms with Gasteiger partial charge in [-0.05, 0) is 25.1 Å². The molecule has 1 atom stereocenters. The first-order valence-electron chi connectivity index (χ1n) is 4.52. The molecule has 0 radical (unpaired) electrons. The van der Waals surface area contributed by atoms with Crippen molar-refractivity contribution in [1.29, 1.82) is 0 Å². The number of aliphatic hydroxyl groups is 1. The molecule has 78 valence electrons. The summed E-state index contributed by atoms with van der Waals surface area (Å²) in [5.41, 5.74) is -1.03. The Morgan fingerprint density at radius 2 is 2.00 bits per heavy atom. The minimum Gasteiger partial charge on any atom is -0.381 e. The first kappa shape index (κ1) is 10.3. The average molecular weight is 225 g/mol. The Hall–Kier alpha value is -1.19. The van der Waals surface area contributed by atoms with Crippen LogP contribution in [0.1, 0.15) is 34.1 Å². The van der Waals surface area contributed by atoms with Gasteiger partial charge >= 0.3 is 0 Å². The van der Waals surface area contributed by atoms with Crippen molar-refractivity contribution in [3.8, 4) is 0 Å². The Kier molecular flexibility index (Phi) is 2.17. The lowest BCUT2D eigenvalue weighted by molar-refractivity contribution is 0.0327. The van der Waals surface area contributed by atoms with Crippen molar-refractivity contribution in [3.63, 3.8) is 0 Å². The fourth-order valence-corrected chi connectivity index (χ4v) is 1.90. The fourth-order valence-electron chi connectivity index (χ4n) is 1.72. The monoisotopic (exact) mass is 224 g/mol. The van der Waals surface area contributed by atoms with Crippen molar-refractivity contribution in [2.45, 2.75) is 18.9 Å². The first-order valence-corrected chi connectivity index (χ1v) is 4.89. The van der Waals surface area contributed by atoms with E-state index >= 15 is 0 Å². The van der Waals surface area contributed by atoms with Crippen molar-refractivity contribution >= 4 is 23.2 Å². The van der Waals surface area contributed by atoms with Crippen LogP contribution in [0.2, 0.25) is 5.02 Å². The fraction of sp³-hybridized carbons (Fsp3) is 0.273. The number of benzene rings is 1. The lowest BCUT2D eigenvalue weighted by atomic mass is 9.80. The van der Waals surface area contributed by atoms with Crippen LogP contribution in [0.3, 0.4) is 0 Å². The number of halogens is 1. The van der Waals surface area contributed by atoms with Crippen LogP contribution in [0.25, 0.3) is 0 Å². The van der Waals surface area contributed by atoms with Crippen LogP contribution in [0, 0.1) is 0 Å². The maximum absolute atomic E-state index is 11.7. The quantitative estimate of drug-likeness (QED) is 0.732. The van der Waals surface area contributed by atoms with Gasteiger partial charge in [0, 0.05) is 22.6 Å². The zero-order valence-electron chi connectivity index (χ0n) is 8.08. The van der Waals surface area contributed by atoms with Gasteiger partial charge < -0.3 is 5.11 Å². The number of carbonyl (C=O) groups excluding carboxylic acids is 2. The Morgan fingerprint density at radius 3 is 2.67 bits per heavy atom. The summed E-state index contributed by atoms with van der Waals surface area (Å²) in [6.07, 6.45) is -0.181. The Labute approximate surface area is 91.7 Å². The predicted octanol–water partition coefficient (Wildman–Crippen LogP) is 1.86. The van der Waals surface area contributed by atoms with Crippen LogP contribution in [-0.2, 0) is 0 Å². The molecule has 1 aromatic carbocycles. The molecule has 1 aliphatic rings. The van der Waals surface area contributed by atoms with Gasteiger partial charge in [0.2, 0.25) is 0 Å². The van der Waals surface area contributed by atoms with Crippen molar-refractivity contribution in [2.75, 3.05) is 0 Å².